The minimum absolute atomic E-state index is 0.0924. The fraction of sp³-hybridized carbons (Fsp3) is 0.533. The van der Waals surface area contributed by atoms with E-state index in [-0.39, 0.29) is 11.9 Å². The lowest BCUT2D eigenvalue weighted by Crippen LogP contribution is -2.44. The van der Waals surface area contributed by atoms with Crippen molar-refractivity contribution >= 4 is 29.1 Å². The van der Waals surface area contributed by atoms with Crippen molar-refractivity contribution in [1.29, 1.82) is 0 Å². The lowest BCUT2D eigenvalue weighted by Gasteiger charge is -2.36. The number of benzene rings is 1. The molecule has 1 atom stereocenters. The molecule has 0 spiro atoms. The average Bonchev–Trinajstić information content (AvgIpc) is 2.42. The Morgan fingerprint density at radius 2 is 2.21 bits per heavy atom. The van der Waals surface area contributed by atoms with Crippen molar-refractivity contribution in [2.24, 2.45) is 0 Å². The summed E-state index contributed by atoms with van der Waals surface area (Å²) in [6.07, 6.45) is 4.18. The molecule has 0 bridgehead atoms. The molecule has 1 saturated heterocycles. The summed E-state index contributed by atoms with van der Waals surface area (Å²) in [5.41, 5.74) is 1.58. The summed E-state index contributed by atoms with van der Waals surface area (Å²) >= 11 is 12.0. The molecule has 104 valence electrons. The number of carbonyl (C=O) groups excluding carboxylic acids is 1. The van der Waals surface area contributed by atoms with Crippen molar-refractivity contribution in [2.45, 2.75) is 38.6 Å². The Morgan fingerprint density at radius 1 is 1.42 bits per heavy atom. The summed E-state index contributed by atoms with van der Waals surface area (Å²) in [7, 11) is 0. The van der Waals surface area contributed by atoms with Gasteiger partial charge < -0.3 is 4.90 Å². The van der Waals surface area contributed by atoms with E-state index in [1.54, 1.807) is 0 Å². The molecule has 1 unspecified atom stereocenters. The van der Waals surface area contributed by atoms with Gasteiger partial charge in [0.15, 0.2) is 0 Å². The van der Waals surface area contributed by atoms with E-state index in [1.165, 1.54) is 6.42 Å². The number of hydrogen-bond acceptors (Lipinski definition) is 1. The third kappa shape index (κ3) is 3.24. The number of nitrogens with zero attached hydrogens (tertiary/aromatic N) is 1. The largest absolute Gasteiger partial charge is 0.336 e. The van der Waals surface area contributed by atoms with E-state index in [9.17, 15) is 4.79 Å². The summed E-state index contributed by atoms with van der Waals surface area (Å²) in [5, 5.41) is 0.650. The average molecular weight is 300 g/mol. The molecule has 1 aromatic carbocycles. The van der Waals surface area contributed by atoms with Gasteiger partial charge in [-0.15, -0.1) is 11.6 Å². The van der Waals surface area contributed by atoms with Crippen LogP contribution in [0.2, 0.25) is 5.02 Å². The molecule has 1 heterocycles. The predicted octanol–water partition coefficient (Wildman–Crippen LogP) is 4.27. The van der Waals surface area contributed by atoms with Gasteiger partial charge in [-0.3, -0.25) is 4.79 Å². The Bertz CT molecular complexity index is 459. The van der Waals surface area contributed by atoms with E-state index in [4.69, 9.17) is 23.2 Å². The second-order valence-corrected chi connectivity index (χ2v) is 5.82. The Hall–Kier alpha value is -0.730. The van der Waals surface area contributed by atoms with Crippen LogP contribution in [-0.4, -0.2) is 29.3 Å². The van der Waals surface area contributed by atoms with Gasteiger partial charge in [-0.05, 0) is 50.3 Å². The quantitative estimate of drug-likeness (QED) is 0.763. The lowest BCUT2D eigenvalue weighted by molar-refractivity contribution is 0.0608. The maximum atomic E-state index is 12.7. The number of alkyl halides is 1. The summed E-state index contributed by atoms with van der Waals surface area (Å²) in [6.45, 7) is 2.72. The maximum Gasteiger partial charge on any atom is 0.254 e. The molecule has 0 radical (unpaired) electrons. The molecule has 1 amide bonds. The van der Waals surface area contributed by atoms with Crippen LogP contribution in [0, 0.1) is 6.92 Å². The number of amides is 1. The minimum Gasteiger partial charge on any atom is -0.336 e. The van der Waals surface area contributed by atoms with Gasteiger partial charge >= 0.3 is 0 Å². The van der Waals surface area contributed by atoms with Crippen molar-refractivity contribution < 1.29 is 4.79 Å². The van der Waals surface area contributed by atoms with E-state index in [2.05, 4.69) is 0 Å². The number of likely N-dealkylation sites (tertiary alicyclic amines) is 1. The van der Waals surface area contributed by atoms with Crippen LogP contribution in [0.15, 0.2) is 18.2 Å². The first-order valence-electron chi connectivity index (χ1n) is 6.77. The number of halogens is 2. The van der Waals surface area contributed by atoms with E-state index < -0.39 is 0 Å². The van der Waals surface area contributed by atoms with E-state index in [0.717, 1.165) is 31.4 Å². The van der Waals surface area contributed by atoms with Gasteiger partial charge in [0.25, 0.3) is 5.91 Å². The van der Waals surface area contributed by atoms with Crippen molar-refractivity contribution in [1.82, 2.24) is 4.90 Å². The molecule has 2 nitrogen and oxygen atoms in total. The highest BCUT2D eigenvalue weighted by molar-refractivity contribution is 6.31. The molecule has 1 aromatic rings. The summed E-state index contributed by atoms with van der Waals surface area (Å²) < 4.78 is 0. The zero-order valence-electron chi connectivity index (χ0n) is 11.2. The highest BCUT2D eigenvalue weighted by atomic mass is 35.5. The normalized spacial score (nSPS) is 19.5. The van der Waals surface area contributed by atoms with Crippen LogP contribution >= 0.6 is 23.2 Å². The third-order valence-electron chi connectivity index (χ3n) is 3.83. The van der Waals surface area contributed by atoms with Crippen LogP contribution < -0.4 is 0 Å². The Labute approximate surface area is 124 Å². The lowest BCUT2D eigenvalue weighted by atomic mass is 9.98. The second-order valence-electron chi connectivity index (χ2n) is 5.04. The molecular formula is C15H19Cl2NO. The molecule has 0 aliphatic carbocycles. The van der Waals surface area contributed by atoms with Gasteiger partial charge in [0.1, 0.15) is 0 Å². The minimum atomic E-state index is 0.0924. The van der Waals surface area contributed by atoms with Crippen LogP contribution in [0.1, 0.15) is 41.6 Å². The van der Waals surface area contributed by atoms with Crippen LogP contribution in [0.25, 0.3) is 0 Å². The van der Waals surface area contributed by atoms with Crippen molar-refractivity contribution in [3.63, 3.8) is 0 Å². The van der Waals surface area contributed by atoms with Gasteiger partial charge in [0.2, 0.25) is 0 Å². The fourth-order valence-electron chi connectivity index (χ4n) is 2.69. The van der Waals surface area contributed by atoms with Crippen molar-refractivity contribution in [2.75, 3.05) is 12.4 Å². The number of carbonyl (C=O) groups is 1. The van der Waals surface area contributed by atoms with Crippen LogP contribution in [0.3, 0.4) is 0 Å². The summed E-state index contributed by atoms with van der Waals surface area (Å²) in [4.78, 5) is 14.7. The molecule has 0 aromatic heterocycles. The Kier molecular flexibility index (Phi) is 5.12. The Balaban J connectivity index is 2.23. The molecule has 4 heteroatoms. The van der Waals surface area contributed by atoms with Crippen molar-refractivity contribution in [3.8, 4) is 0 Å². The van der Waals surface area contributed by atoms with Gasteiger partial charge in [0, 0.05) is 29.1 Å². The van der Waals surface area contributed by atoms with E-state index >= 15 is 0 Å². The third-order valence-corrected chi connectivity index (χ3v) is 4.46. The van der Waals surface area contributed by atoms with Gasteiger partial charge in [-0.2, -0.15) is 0 Å². The highest BCUT2D eigenvalue weighted by Crippen LogP contribution is 2.25. The van der Waals surface area contributed by atoms with Gasteiger partial charge in [-0.1, -0.05) is 17.7 Å². The monoisotopic (exact) mass is 299 g/mol. The first kappa shape index (κ1) is 14.7. The molecular weight excluding hydrogens is 281 g/mol. The fourth-order valence-corrected chi connectivity index (χ4v) is 3.11. The van der Waals surface area contributed by atoms with E-state index in [1.807, 2.05) is 30.0 Å². The van der Waals surface area contributed by atoms with Crippen LogP contribution in [0.4, 0.5) is 0 Å². The topological polar surface area (TPSA) is 20.3 Å². The molecule has 2 rings (SSSR count). The van der Waals surface area contributed by atoms with Gasteiger partial charge in [-0.25, -0.2) is 0 Å². The number of rotatable bonds is 3. The maximum absolute atomic E-state index is 12.7. The molecule has 0 saturated carbocycles. The van der Waals surface area contributed by atoms with Gasteiger partial charge in [0.05, 0.1) is 0 Å². The number of piperidine rings is 1. The predicted molar refractivity (Wildman–Crippen MR) is 80.2 cm³/mol. The first-order chi connectivity index (χ1) is 9.15. The van der Waals surface area contributed by atoms with Crippen LogP contribution in [0.5, 0.6) is 0 Å². The summed E-state index contributed by atoms with van der Waals surface area (Å²) in [5.74, 6) is 0.693. The summed E-state index contributed by atoms with van der Waals surface area (Å²) in [6, 6.07) is 5.79. The highest BCUT2D eigenvalue weighted by Gasteiger charge is 2.27. The standard InChI is InChI=1S/C15H19Cl2NO/c1-11-13(6-4-7-14(11)17)15(19)18-10-3-2-5-12(18)8-9-16/h4,6-7,12H,2-3,5,8-10H2,1H3. The molecule has 0 N–H and O–H groups in total. The molecule has 19 heavy (non-hydrogen) atoms. The molecule has 1 aliphatic heterocycles. The van der Waals surface area contributed by atoms with E-state index in [0.29, 0.717) is 16.5 Å². The van der Waals surface area contributed by atoms with Crippen LogP contribution in [-0.2, 0) is 0 Å². The zero-order valence-corrected chi connectivity index (χ0v) is 12.7. The SMILES string of the molecule is Cc1c(Cl)cccc1C(=O)N1CCCCC1CCCl. The smallest absolute Gasteiger partial charge is 0.254 e. The first-order valence-corrected chi connectivity index (χ1v) is 7.68. The molecule has 1 aliphatic rings. The molecule has 1 fully saturated rings. The Morgan fingerprint density at radius 3 is 2.95 bits per heavy atom. The number of hydrogen-bond donors (Lipinski definition) is 0. The van der Waals surface area contributed by atoms with Crippen molar-refractivity contribution in [3.05, 3.63) is 34.3 Å². The second kappa shape index (κ2) is 6.62. The zero-order chi connectivity index (χ0) is 13.8.